The van der Waals surface area contributed by atoms with Crippen LogP contribution in [0.1, 0.15) is 31.4 Å². The summed E-state index contributed by atoms with van der Waals surface area (Å²) in [5.74, 6) is 1.16. The van der Waals surface area contributed by atoms with Gasteiger partial charge in [-0.2, -0.15) is 0 Å². The number of aromatic nitrogens is 1. The molecule has 1 saturated carbocycles. The highest BCUT2D eigenvalue weighted by molar-refractivity contribution is 6.15. The largest absolute Gasteiger partial charge is 0.512 e. The molecular formula is C19H23N3O2. The Morgan fingerprint density at radius 1 is 1.42 bits per heavy atom. The molecule has 5 heteroatoms. The van der Waals surface area contributed by atoms with Crippen LogP contribution >= 0.6 is 0 Å². The lowest BCUT2D eigenvalue weighted by Gasteiger charge is -2.12. The monoisotopic (exact) mass is 325 g/mol. The van der Waals surface area contributed by atoms with Crippen LogP contribution in [0.25, 0.3) is 18.2 Å². The topological polar surface area (TPSA) is 66.6 Å². The number of aliphatic imine (C=N–C) groups is 1. The minimum atomic E-state index is 0.0440. The van der Waals surface area contributed by atoms with Crippen molar-refractivity contribution >= 4 is 30.0 Å². The molecular weight excluding hydrogens is 302 g/mol. The molecule has 0 aromatic carbocycles. The van der Waals surface area contributed by atoms with Crippen molar-refractivity contribution in [2.75, 3.05) is 7.05 Å². The third kappa shape index (κ3) is 3.35. The number of carbonyl (C=O) groups is 1. The molecule has 0 unspecified atom stereocenters. The van der Waals surface area contributed by atoms with E-state index in [4.69, 9.17) is 0 Å². The molecule has 2 aliphatic rings. The summed E-state index contributed by atoms with van der Waals surface area (Å²) < 4.78 is 2.05. The molecule has 0 bridgehead atoms. The van der Waals surface area contributed by atoms with Gasteiger partial charge in [0, 0.05) is 38.2 Å². The molecule has 126 valence electrons. The van der Waals surface area contributed by atoms with Crippen LogP contribution in [0.3, 0.4) is 0 Å². The third-order valence-corrected chi connectivity index (χ3v) is 4.53. The molecule has 2 N–H and O–H groups in total. The molecule has 5 nitrogen and oxygen atoms in total. The van der Waals surface area contributed by atoms with Gasteiger partial charge in [0.05, 0.1) is 11.1 Å². The predicted molar refractivity (Wildman–Crippen MR) is 96.8 cm³/mol. The van der Waals surface area contributed by atoms with Crippen molar-refractivity contribution in [2.24, 2.45) is 18.0 Å². The first-order chi connectivity index (χ1) is 11.5. The van der Waals surface area contributed by atoms with Crippen LogP contribution in [0.2, 0.25) is 0 Å². The van der Waals surface area contributed by atoms with Crippen LogP contribution in [0.4, 0.5) is 0 Å². The highest BCUT2D eigenvalue weighted by atomic mass is 16.3. The number of amidine groups is 1. The number of allylic oxidation sites excluding steroid dienone is 4. The van der Waals surface area contributed by atoms with Crippen LogP contribution in [0.5, 0.6) is 0 Å². The van der Waals surface area contributed by atoms with Crippen molar-refractivity contribution in [3.05, 3.63) is 40.2 Å². The molecule has 1 heterocycles. The summed E-state index contributed by atoms with van der Waals surface area (Å²) in [4.78, 5) is 16.1. The van der Waals surface area contributed by atoms with Gasteiger partial charge in [0.25, 0.3) is 0 Å². The molecule has 3 rings (SSSR count). The maximum atomic E-state index is 11.9. The van der Waals surface area contributed by atoms with Gasteiger partial charge in [0.1, 0.15) is 5.84 Å². The molecule has 1 aromatic heterocycles. The summed E-state index contributed by atoms with van der Waals surface area (Å²) in [6.07, 6.45) is 8.93. The first-order valence-corrected chi connectivity index (χ1v) is 8.22. The van der Waals surface area contributed by atoms with Crippen molar-refractivity contribution in [1.82, 2.24) is 9.88 Å². The van der Waals surface area contributed by atoms with E-state index < -0.39 is 0 Å². The van der Waals surface area contributed by atoms with Crippen LogP contribution in [0, 0.1) is 5.92 Å². The SMILES string of the molecule is C=c1cc(C2=CC=C(O)CC2)n(C)/c1=C/C(=NC)NC(=O)C1CC1. The molecule has 0 spiro atoms. The number of amides is 1. The van der Waals surface area contributed by atoms with Gasteiger partial charge in [-0.05, 0) is 42.2 Å². The zero-order valence-corrected chi connectivity index (χ0v) is 14.2. The zero-order valence-electron chi connectivity index (χ0n) is 14.2. The summed E-state index contributed by atoms with van der Waals surface area (Å²) in [6, 6.07) is 2.03. The van der Waals surface area contributed by atoms with Gasteiger partial charge >= 0.3 is 0 Å². The number of aliphatic hydroxyl groups is 1. The number of nitrogens with one attached hydrogen (secondary N) is 1. The van der Waals surface area contributed by atoms with Crippen LogP contribution in [-0.2, 0) is 11.8 Å². The smallest absolute Gasteiger partial charge is 0.228 e. The second-order valence-corrected chi connectivity index (χ2v) is 6.37. The van der Waals surface area contributed by atoms with E-state index in [0.29, 0.717) is 18.0 Å². The quantitative estimate of drug-likeness (QED) is 0.651. The number of hydrogen-bond acceptors (Lipinski definition) is 3. The summed E-state index contributed by atoms with van der Waals surface area (Å²) in [5.41, 5.74) is 2.23. The second-order valence-electron chi connectivity index (χ2n) is 6.37. The van der Waals surface area contributed by atoms with Gasteiger partial charge in [0.15, 0.2) is 0 Å². The second kappa shape index (κ2) is 6.51. The molecule has 1 fully saturated rings. The Kier molecular flexibility index (Phi) is 4.42. The van der Waals surface area contributed by atoms with Crippen LogP contribution < -0.4 is 15.9 Å². The third-order valence-electron chi connectivity index (χ3n) is 4.53. The Labute approximate surface area is 141 Å². The summed E-state index contributed by atoms with van der Waals surface area (Å²) in [5, 5.41) is 14.2. The lowest BCUT2D eigenvalue weighted by Crippen LogP contribution is -2.35. The molecule has 2 aliphatic carbocycles. The molecule has 0 radical (unpaired) electrons. The van der Waals surface area contributed by atoms with Crippen molar-refractivity contribution < 1.29 is 9.90 Å². The first kappa shape index (κ1) is 16.3. The zero-order chi connectivity index (χ0) is 17.3. The molecule has 24 heavy (non-hydrogen) atoms. The van der Waals surface area contributed by atoms with E-state index in [1.54, 1.807) is 13.1 Å². The molecule has 0 saturated heterocycles. The fourth-order valence-corrected chi connectivity index (χ4v) is 2.88. The van der Waals surface area contributed by atoms with E-state index in [1.165, 1.54) is 0 Å². The van der Waals surface area contributed by atoms with E-state index in [-0.39, 0.29) is 11.8 Å². The van der Waals surface area contributed by atoms with Gasteiger partial charge in [-0.1, -0.05) is 12.7 Å². The maximum absolute atomic E-state index is 11.9. The van der Waals surface area contributed by atoms with Gasteiger partial charge in [-0.15, -0.1) is 0 Å². The average Bonchev–Trinajstić information content (AvgIpc) is 3.37. The molecule has 0 atom stereocenters. The highest BCUT2D eigenvalue weighted by Crippen LogP contribution is 2.28. The minimum absolute atomic E-state index is 0.0440. The van der Waals surface area contributed by atoms with E-state index in [1.807, 2.05) is 25.3 Å². The summed E-state index contributed by atoms with van der Waals surface area (Å²) in [6.45, 7) is 4.11. The van der Waals surface area contributed by atoms with Crippen molar-refractivity contribution in [2.45, 2.75) is 25.7 Å². The standard InChI is InChI=1S/C19H23N3O2/c1-12-10-17(13-6-8-15(23)9-7-13)22(3)16(12)11-18(20-2)21-19(24)14-4-5-14/h6,8,10-11,14,23H,1,4-5,7,9H2,2-3H3,(H,20,21,24)/b16-11+. The Morgan fingerprint density at radius 2 is 2.17 bits per heavy atom. The lowest BCUT2D eigenvalue weighted by atomic mass is 10.0. The molecule has 0 aliphatic heterocycles. The van der Waals surface area contributed by atoms with E-state index in [2.05, 4.69) is 21.5 Å². The van der Waals surface area contributed by atoms with E-state index in [0.717, 1.165) is 41.1 Å². The number of rotatable bonds is 3. The van der Waals surface area contributed by atoms with E-state index >= 15 is 0 Å². The Bertz CT molecular complexity index is 867. The van der Waals surface area contributed by atoms with Gasteiger partial charge in [0.2, 0.25) is 5.91 Å². The van der Waals surface area contributed by atoms with Crippen LogP contribution in [-0.4, -0.2) is 28.5 Å². The molecule has 1 amide bonds. The normalized spacial score (nSPS) is 19.1. The van der Waals surface area contributed by atoms with Crippen molar-refractivity contribution in [1.29, 1.82) is 0 Å². The van der Waals surface area contributed by atoms with Gasteiger partial charge in [-0.25, -0.2) is 0 Å². The van der Waals surface area contributed by atoms with Crippen molar-refractivity contribution in [3.63, 3.8) is 0 Å². The Hall–Kier alpha value is -2.56. The fraction of sp³-hybridized carbons (Fsp3) is 0.368. The predicted octanol–water partition coefficient (Wildman–Crippen LogP) is 1.39. The van der Waals surface area contributed by atoms with E-state index in [9.17, 15) is 9.90 Å². The highest BCUT2D eigenvalue weighted by Gasteiger charge is 2.29. The Morgan fingerprint density at radius 3 is 2.75 bits per heavy atom. The summed E-state index contributed by atoms with van der Waals surface area (Å²) >= 11 is 0. The Balaban J connectivity index is 1.93. The van der Waals surface area contributed by atoms with Crippen molar-refractivity contribution in [3.8, 4) is 0 Å². The molecule has 1 aromatic rings. The van der Waals surface area contributed by atoms with Crippen LogP contribution in [0.15, 0.2) is 29.0 Å². The number of carbonyl (C=O) groups excluding carboxylic acids is 1. The van der Waals surface area contributed by atoms with Gasteiger partial charge < -0.3 is 15.0 Å². The number of nitrogens with zero attached hydrogens (tertiary/aromatic N) is 2. The number of aliphatic hydroxyl groups excluding tert-OH is 1. The number of hydrogen-bond donors (Lipinski definition) is 2. The lowest BCUT2D eigenvalue weighted by molar-refractivity contribution is -0.120. The first-order valence-electron chi connectivity index (χ1n) is 8.22. The minimum Gasteiger partial charge on any atom is -0.512 e. The fourth-order valence-electron chi connectivity index (χ4n) is 2.88. The summed E-state index contributed by atoms with van der Waals surface area (Å²) in [7, 11) is 3.65. The maximum Gasteiger partial charge on any atom is 0.228 e. The van der Waals surface area contributed by atoms with Gasteiger partial charge in [-0.3, -0.25) is 9.79 Å². The average molecular weight is 325 g/mol.